The van der Waals surface area contributed by atoms with Crippen LogP contribution in [0.25, 0.3) is 0 Å². The molecule has 0 aromatic heterocycles. The third-order valence-corrected chi connectivity index (χ3v) is 4.41. The van der Waals surface area contributed by atoms with Crippen LogP contribution in [0.15, 0.2) is 23.1 Å². The summed E-state index contributed by atoms with van der Waals surface area (Å²) in [7, 11) is -1.31. The van der Waals surface area contributed by atoms with E-state index in [1.54, 1.807) is 6.07 Å². The lowest BCUT2D eigenvalue weighted by atomic mass is 10.4. The topological polar surface area (TPSA) is 46.6 Å². The minimum Gasteiger partial charge on any atom is -0.288 e. The van der Waals surface area contributed by atoms with E-state index in [-0.39, 0.29) is 14.9 Å². The Morgan fingerprint density at radius 3 is 2.13 bits per heavy atom. The number of benzene rings is 1. The number of hydrogen-bond donors (Lipinski definition) is 0. The lowest BCUT2D eigenvalue weighted by Crippen LogP contribution is -2.26. The highest BCUT2D eigenvalue weighted by Crippen LogP contribution is 2.30. The van der Waals surface area contributed by atoms with Crippen molar-refractivity contribution < 1.29 is 13.3 Å². The van der Waals surface area contributed by atoms with E-state index in [9.17, 15) is 8.42 Å². The molecule has 0 atom stereocenters. The molecule has 0 saturated carbocycles. The smallest absolute Gasteiger partial charge is 0.267 e. The average Bonchev–Trinajstić information content (AvgIpc) is 2.15. The molecule has 0 unspecified atom stereocenters. The molecule has 15 heavy (non-hydrogen) atoms. The monoisotopic (exact) mass is 269 g/mol. The molecule has 0 saturated heterocycles. The van der Waals surface area contributed by atoms with Crippen LogP contribution in [0.4, 0.5) is 0 Å². The van der Waals surface area contributed by atoms with Gasteiger partial charge < -0.3 is 0 Å². The van der Waals surface area contributed by atoms with Crippen molar-refractivity contribution in [2.45, 2.75) is 4.90 Å². The summed E-state index contributed by atoms with van der Waals surface area (Å²) in [6.45, 7) is 0. The molecule has 0 heterocycles. The van der Waals surface area contributed by atoms with Gasteiger partial charge in [-0.1, -0.05) is 33.7 Å². The largest absolute Gasteiger partial charge is 0.288 e. The van der Waals surface area contributed by atoms with Gasteiger partial charge in [0.25, 0.3) is 10.0 Å². The molecule has 4 nitrogen and oxygen atoms in total. The Labute approximate surface area is 98.4 Å². The number of sulfonamides is 1. The van der Waals surface area contributed by atoms with Crippen LogP contribution in [0.2, 0.25) is 10.0 Å². The van der Waals surface area contributed by atoms with Gasteiger partial charge in [0.05, 0.1) is 17.2 Å². The first kappa shape index (κ1) is 12.7. The summed E-state index contributed by atoms with van der Waals surface area (Å²) >= 11 is 11.5. The Bertz CT molecular complexity index is 441. The Morgan fingerprint density at radius 2 is 1.73 bits per heavy atom. The molecule has 1 rings (SSSR count). The number of hydrogen-bond acceptors (Lipinski definition) is 3. The lowest BCUT2D eigenvalue weighted by molar-refractivity contribution is -0.0258. The van der Waals surface area contributed by atoms with Crippen LogP contribution in [-0.4, -0.2) is 27.0 Å². The molecule has 1 aromatic rings. The minimum atomic E-state index is -3.80. The Morgan fingerprint density at radius 1 is 1.27 bits per heavy atom. The average molecular weight is 270 g/mol. The molecule has 0 aliphatic carbocycles. The maximum atomic E-state index is 11.8. The van der Waals surface area contributed by atoms with E-state index in [2.05, 4.69) is 4.84 Å². The highest BCUT2D eigenvalue weighted by Gasteiger charge is 2.26. The van der Waals surface area contributed by atoms with Crippen LogP contribution in [0.3, 0.4) is 0 Å². The SMILES string of the molecule is CON(C)S(=O)(=O)c1c(Cl)cccc1Cl. The molecule has 0 spiro atoms. The number of rotatable bonds is 3. The Kier molecular flexibility index (Phi) is 3.97. The molecule has 7 heteroatoms. The van der Waals surface area contributed by atoms with Gasteiger partial charge in [0.15, 0.2) is 0 Å². The normalized spacial score (nSPS) is 12.1. The number of hydroxylamine groups is 1. The fraction of sp³-hybridized carbons (Fsp3) is 0.250. The van der Waals surface area contributed by atoms with Crippen LogP contribution >= 0.6 is 23.2 Å². The lowest BCUT2D eigenvalue weighted by Gasteiger charge is -2.15. The molecular formula is C8H9Cl2NO3S. The van der Waals surface area contributed by atoms with Gasteiger partial charge in [-0.25, -0.2) is 8.42 Å². The van der Waals surface area contributed by atoms with Crippen LogP contribution in [0.1, 0.15) is 0 Å². The van der Waals surface area contributed by atoms with Crippen LogP contribution < -0.4 is 0 Å². The fourth-order valence-electron chi connectivity index (χ4n) is 0.956. The van der Waals surface area contributed by atoms with Gasteiger partial charge in [-0.3, -0.25) is 4.84 Å². The second-order valence-electron chi connectivity index (χ2n) is 2.65. The summed E-state index contributed by atoms with van der Waals surface area (Å²) in [5, 5.41) is 0.123. The van der Waals surface area contributed by atoms with Crippen LogP contribution in [0.5, 0.6) is 0 Å². The van der Waals surface area contributed by atoms with E-state index in [0.717, 1.165) is 0 Å². The van der Waals surface area contributed by atoms with Crippen LogP contribution in [-0.2, 0) is 14.9 Å². The van der Waals surface area contributed by atoms with Gasteiger partial charge in [-0.05, 0) is 12.1 Å². The van der Waals surface area contributed by atoms with Crippen molar-refractivity contribution in [2.75, 3.05) is 14.2 Å². The third-order valence-electron chi connectivity index (χ3n) is 1.77. The molecule has 84 valence electrons. The Balaban J connectivity index is 3.40. The summed E-state index contributed by atoms with van der Waals surface area (Å²) < 4.78 is 24.4. The van der Waals surface area contributed by atoms with Crippen LogP contribution in [0, 0.1) is 0 Å². The first-order valence-electron chi connectivity index (χ1n) is 3.88. The van der Waals surface area contributed by atoms with E-state index in [1.165, 1.54) is 26.3 Å². The number of halogens is 2. The minimum absolute atomic E-state index is 0.0615. The van der Waals surface area contributed by atoms with Gasteiger partial charge in [-0.15, -0.1) is 0 Å². The van der Waals surface area contributed by atoms with Gasteiger partial charge in [0.2, 0.25) is 0 Å². The first-order chi connectivity index (χ1) is 6.91. The van der Waals surface area contributed by atoms with E-state index in [4.69, 9.17) is 23.2 Å². The molecule has 0 N–H and O–H groups in total. The predicted molar refractivity (Wildman–Crippen MR) is 58.4 cm³/mol. The third kappa shape index (κ3) is 2.43. The predicted octanol–water partition coefficient (Wildman–Crippen LogP) is 2.18. The molecule has 1 aromatic carbocycles. The van der Waals surface area contributed by atoms with E-state index in [1.807, 2.05) is 0 Å². The molecule has 0 amide bonds. The molecule has 0 aliphatic heterocycles. The van der Waals surface area contributed by atoms with Crippen molar-refractivity contribution in [1.82, 2.24) is 4.47 Å². The summed E-state index contributed by atoms with van der Waals surface area (Å²) in [6, 6.07) is 4.46. The summed E-state index contributed by atoms with van der Waals surface area (Å²) in [4.78, 5) is 4.45. The fourth-order valence-corrected chi connectivity index (χ4v) is 3.02. The van der Waals surface area contributed by atoms with Gasteiger partial charge in [0, 0.05) is 7.05 Å². The molecule has 0 bridgehead atoms. The zero-order valence-electron chi connectivity index (χ0n) is 8.07. The van der Waals surface area contributed by atoms with Crippen molar-refractivity contribution in [3.63, 3.8) is 0 Å². The molecule has 0 aliphatic rings. The Hall–Kier alpha value is -0.330. The molecular weight excluding hydrogens is 261 g/mol. The second kappa shape index (κ2) is 4.67. The van der Waals surface area contributed by atoms with E-state index >= 15 is 0 Å². The summed E-state index contributed by atoms with van der Waals surface area (Å²) in [5.41, 5.74) is 0. The van der Waals surface area contributed by atoms with Gasteiger partial charge in [-0.2, -0.15) is 0 Å². The zero-order chi connectivity index (χ0) is 11.6. The van der Waals surface area contributed by atoms with Crippen molar-refractivity contribution >= 4 is 33.2 Å². The quantitative estimate of drug-likeness (QED) is 0.791. The highest BCUT2D eigenvalue weighted by atomic mass is 35.5. The summed E-state index contributed by atoms with van der Waals surface area (Å²) in [5.74, 6) is 0. The van der Waals surface area contributed by atoms with E-state index in [0.29, 0.717) is 4.47 Å². The van der Waals surface area contributed by atoms with Crippen molar-refractivity contribution in [3.05, 3.63) is 28.2 Å². The van der Waals surface area contributed by atoms with Gasteiger partial charge >= 0.3 is 0 Å². The second-order valence-corrected chi connectivity index (χ2v) is 5.34. The molecule has 0 fully saturated rings. The van der Waals surface area contributed by atoms with E-state index < -0.39 is 10.0 Å². The number of nitrogens with zero attached hydrogens (tertiary/aromatic N) is 1. The maximum Gasteiger partial charge on any atom is 0.267 e. The van der Waals surface area contributed by atoms with Crippen molar-refractivity contribution in [2.24, 2.45) is 0 Å². The van der Waals surface area contributed by atoms with Crippen molar-refractivity contribution in [1.29, 1.82) is 0 Å². The maximum absolute atomic E-state index is 11.8. The highest BCUT2D eigenvalue weighted by molar-refractivity contribution is 7.89. The van der Waals surface area contributed by atoms with Crippen molar-refractivity contribution in [3.8, 4) is 0 Å². The summed E-state index contributed by atoms with van der Waals surface area (Å²) in [6.07, 6.45) is 0. The van der Waals surface area contributed by atoms with Gasteiger partial charge in [0.1, 0.15) is 4.90 Å². The standard InChI is InChI=1S/C8H9Cl2NO3S/c1-11(14-2)15(12,13)8-6(9)4-3-5-7(8)10/h3-5H,1-2H3. The zero-order valence-corrected chi connectivity index (χ0v) is 10.4. The first-order valence-corrected chi connectivity index (χ1v) is 6.08. The molecule has 0 radical (unpaired) electrons.